The molecule has 7 nitrogen and oxygen atoms in total. The van der Waals surface area contributed by atoms with E-state index in [-0.39, 0.29) is 0 Å². The topological polar surface area (TPSA) is 98.2 Å². The molecule has 7 heteroatoms. The third-order valence-corrected chi connectivity index (χ3v) is 2.00. The average molecular weight is 216 g/mol. The largest absolute Gasteiger partial charge is 0.373 e. The normalized spacial score (nSPS) is 22.0. The lowest BCUT2D eigenvalue weighted by atomic mass is 10.2. The predicted octanol–water partition coefficient (Wildman–Crippen LogP) is -1.16. The monoisotopic (exact) mass is 216 g/mol. The Bertz CT molecular complexity index is 284. The number of urea groups is 1. The van der Waals surface area contributed by atoms with Gasteiger partial charge >= 0.3 is 6.03 Å². The highest BCUT2D eigenvalue weighted by Gasteiger charge is 2.41. The fourth-order valence-corrected chi connectivity index (χ4v) is 1.37. The van der Waals surface area contributed by atoms with Crippen molar-refractivity contribution in [1.29, 1.82) is 0 Å². The molecule has 1 aliphatic rings. The van der Waals surface area contributed by atoms with E-state index in [9.17, 15) is 14.4 Å². The molecular weight excluding hydrogens is 204 g/mol. The van der Waals surface area contributed by atoms with Gasteiger partial charge in [-0.05, 0) is 13.8 Å². The van der Waals surface area contributed by atoms with E-state index in [4.69, 9.17) is 10.2 Å². The van der Waals surface area contributed by atoms with Crippen molar-refractivity contribution in [2.24, 2.45) is 0 Å². The van der Waals surface area contributed by atoms with Crippen molar-refractivity contribution >= 4 is 17.8 Å². The van der Waals surface area contributed by atoms with Gasteiger partial charge in [-0.2, -0.15) is 0 Å². The summed E-state index contributed by atoms with van der Waals surface area (Å²) < 4.78 is 0. The Balaban J connectivity index is 3.00. The fraction of sp³-hybridized carbons (Fsp3) is 0.625. The molecule has 0 bridgehead atoms. The Morgan fingerprint density at radius 1 is 1.00 bits per heavy atom. The van der Waals surface area contributed by atoms with Crippen molar-refractivity contribution in [1.82, 2.24) is 9.80 Å². The quantitative estimate of drug-likeness (QED) is 0.567. The van der Waals surface area contributed by atoms with Crippen LogP contribution in [0.4, 0.5) is 4.79 Å². The third kappa shape index (κ3) is 1.97. The summed E-state index contributed by atoms with van der Waals surface area (Å²) in [6.07, 6.45) is -3.17. The second-order valence-corrected chi connectivity index (χ2v) is 3.25. The molecule has 1 rings (SSSR count). The number of hydrogen-bond donors (Lipinski definition) is 2. The molecule has 0 radical (unpaired) electrons. The maximum absolute atomic E-state index is 11.5. The number of imide groups is 2. The van der Waals surface area contributed by atoms with Crippen LogP contribution in [0.2, 0.25) is 0 Å². The van der Waals surface area contributed by atoms with Crippen LogP contribution in [-0.2, 0) is 9.59 Å². The Hall–Kier alpha value is -1.47. The summed E-state index contributed by atoms with van der Waals surface area (Å²) in [5.74, 6) is -1.53. The molecule has 1 heterocycles. The number of carbonyl (C=O) groups is 3. The minimum absolute atomic E-state index is 0.526. The molecule has 0 aromatic heterocycles. The van der Waals surface area contributed by atoms with E-state index in [0.29, 0.717) is 9.80 Å². The Morgan fingerprint density at radius 3 is 1.60 bits per heavy atom. The molecule has 2 unspecified atom stereocenters. The van der Waals surface area contributed by atoms with E-state index in [0.717, 1.165) is 0 Å². The van der Waals surface area contributed by atoms with Gasteiger partial charge in [-0.1, -0.05) is 0 Å². The van der Waals surface area contributed by atoms with Crippen LogP contribution in [0.25, 0.3) is 0 Å². The maximum Gasteiger partial charge on any atom is 0.337 e. The van der Waals surface area contributed by atoms with Crippen LogP contribution in [0.5, 0.6) is 0 Å². The maximum atomic E-state index is 11.5. The van der Waals surface area contributed by atoms with E-state index >= 15 is 0 Å². The predicted molar refractivity (Wildman–Crippen MR) is 47.1 cm³/mol. The van der Waals surface area contributed by atoms with Crippen molar-refractivity contribution in [3.05, 3.63) is 0 Å². The highest BCUT2D eigenvalue weighted by Crippen LogP contribution is 2.15. The van der Waals surface area contributed by atoms with E-state index in [1.165, 1.54) is 13.8 Å². The van der Waals surface area contributed by atoms with Gasteiger partial charge in [0, 0.05) is 0 Å². The molecule has 15 heavy (non-hydrogen) atoms. The lowest BCUT2D eigenvalue weighted by Crippen LogP contribution is -2.60. The summed E-state index contributed by atoms with van der Waals surface area (Å²) in [5.41, 5.74) is 0. The molecule has 0 aromatic rings. The summed E-state index contributed by atoms with van der Waals surface area (Å²) in [4.78, 5) is 35.1. The summed E-state index contributed by atoms with van der Waals surface area (Å²) in [7, 11) is 0. The summed E-state index contributed by atoms with van der Waals surface area (Å²) in [6.45, 7) is 2.46. The SMILES string of the molecule is CC(O)N1C(=O)CC(=O)N(C(C)O)C1=O. The first-order valence-corrected chi connectivity index (χ1v) is 4.40. The molecule has 84 valence electrons. The van der Waals surface area contributed by atoms with Crippen molar-refractivity contribution in [3.8, 4) is 0 Å². The molecule has 2 N–H and O–H groups in total. The first-order valence-electron chi connectivity index (χ1n) is 4.40. The number of barbiturate groups is 1. The Labute approximate surface area is 85.9 Å². The fourth-order valence-electron chi connectivity index (χ4n) is 1.37. The van der Waals surface area contributed by atoms with Gasteiger partial charge in [0.15, 0.2) is 0 Å². The summed E-state index contributed by atoms with van der Waals surface area (Å²) in [6, 6.07) is -0.999. The molecule has 1 saturated heterocycles. The van der Waals surface area contributed by atoms with Crippen molar-refractivity contribution in [2.45, 2.75) is 32.7 Å². The van der Waals surface area contributed by atoms with Crippen LogP contribution in [-0.4, -0.2) is 50.3 Å². The zero-order chi connectivity index (χ0) is 11.7. The molecule has 0 aliphatic carbocycles. The number of carbonyl (C=O) groups excluding carboxylic acids is 3. The molecule has 1 aliphatic heterocycles. The summed E-state index contributed by atoms with van der Waals surface area (Å²) in [5, 5.41) is 18.3. The average Bonchev–Trinajstić information content (AvgIpc) is 1.99. The zero-order valence-electron chi connectivity index (χ0n) is 8.38. The van der Waals surface area contributed by atoms with E-state index in [2.05, 4.69) is 0 Å². The molecule has 1 fully saturated rings. The first kappa shape index (κ1) is 11.6. The molecule has 0 spiro atoms. The number of aliphatic hydroxyl groups is 2. The molecule has 4 amide bonds. The van der Waals surface area contributed by atoms with Gasteiger partial charge in [0.1, 0.15) is 18.9 Å². The minimum Gasteiger partial charge on any atom is -0.373 e. The van der Waals surface area contributed by atoms with Gasteiger partial charge in [-0.15, -0.1) is 0 Å². The second kappa shape index (κ2) is 3.95. The van der Waals surface area contributed by atoms with Gasteiger partial charge in [0.25, 0.3) is 0 Å². The van der Waals surface area contributed by atoms with Crippen molar-refractivity contribution in [3.63, 3.8) is 0 Å². The van der Waals surface area contributed by atoms with Crippen molar-refractivity contribution < 1.29 is 24.6 Å². The number of nitrogens with zero attached hydrogens (tertiary/aromatic N) is 2. The third-order valence-electron chi connectivity index (χ3n) is 2.00. The number of rotatable bonds is 2. The Morgan fingerprint density at radius 2 is 1.33 bits per heavy atom. The second-order valence-electron chi connectivity index (χ2n) is 3.25. The molecule has 0 saturated carbocycles. The number of hydrogen-bond acceptors (Lipinski definition) is 5. The summed E-state index contributed by atoms with van der Waals surface area (Å²) >= 11 is 0. The number of amides is 4. The zero-order valence-corrected chi connectivity index (χ0v) is 8.38. The molecule has 0 aromatic carbocycles. The van der Waals surface area contributed by atoms with E-state index in [1.807, 2.05) is 0 Å². The van der Waals surface area contributed by atoms with Crippen LogP contribution in [0.3, 0.4) is 0 Å². The van der Waals surface area contributed by atoms with Gasteiger partial charge in [0.2, 0.25) is 11.8 Å². The van der Waals surface area contributed by atoms with E-state index in [1.54, 1.807) is 0 Å². The van der Waals surface area contributed by atoms with Gasteiger partial charge in [0.05, 0.1) is 0 Å². The van der Waals surface area contributed by atoms with Gasteiger partial charge in [-0.3, -0.25) is 9.59 Å². The standard InChI is InChI=1S/C8H12N2O5/c1-4(11)9-6(13)3-7(14)10(5(2)12)8(9)15/h4-5,11-12H,3H2,1-2H3. The van der Waals surface area contributed by atoms with Crippen LogP contribution >= 0.6 is 0 Å². The van der Waals surface area contributed by atoms with Crippen LogP contribution in [0.1, 0.15) is 20.3 Å². The van der Waals surface area contributed by atoms with Gasteiger partial charge in [-0.25, -0.2) is 14.6 Å². The highest BCUT2D eigenvalue weighted by atomic mass is 16.3. The lowest BCUT2D eigenvalue weighted by Gasteiger charge is -2.35. The lowest BCUT2D eigenvalue weighted by molar-refractivity contribution is -0.153. The minimum atomic E-state index is -1.32. The Kier molecular flexibility index (Phi) is 3.06. The first-order chi connectivity index (χ1) is 6.86. The molecular formula is C8H12N2O5. The van der Waals surface area contributed by atoms with Crippen LogP contribution in [0, 0.1) is 0 Å². The van der Waals surface area contributed by atoms with Crippen LogP contribution in [0.15, 0.2) is 0 Å². The van der Waals surface area contributed by atoms with Crippen LogP contribution < -0.4 is 0 Å². The smallest absolute Gasteiger partial charge is 0.337 e. The van der Waals surface area contributed by atoms with Gasteiger partial charge < -0.3 is 10.2 Å². The van der Waals surface area contributed by atoms with E-state index < -0.39 is 36.7 Å². The highest BCUT2D eigenvalue weighted by molar-refractivity contribution is 6.14. The molecule has 2 atom stereocenters. The van der Waals surface area contributed by atoms with Crippen molar-refractivity contribution in [2.75, 3.05) is 0 Å². The number of aliphatic hydroxyl groups excluding tert-OH is 2.